The molecule has 0 aliphatic carbocycles. The molecule has 0 unspecified atom stereocenters. The van der Waals surface area contributed by atoms with Crippen LogP contribution in [-0.4, -0.2) is 17.3 Å². The number of carbonyl (C=O) groups is 1. The lowest BCUT2D eigenvalue weighted by molar-refractivity contribution is 0.0994. The predicted octanol–water partition coefficient (Wildman–Crippen LogP) is 4.31. The largest absolute Gasteiger partial charge is 0.453 e. The molecule has 0 aliphatic heterocycles. The first kappa shape index (κ1) is 13.2. The Kier molecular flexibility index (Phi) is 4.12. The Hall–Kier alpha value is -1.22. The van der Waals surface area contributed by atoms with Crippen molar-refractivity contribution in [1.29, 1.82) is 0 Å². The number of ketones is 1. The average molecular weight is 262 g/mol. The van der Waals surface area contributed by atoms with Crippen molar-refractivity contribution < 1.29 is 9.21 Å². The van der Waals surface area contributed by atoms with Gasteiger partial charge < -0.3 is 4.42 Å². The van der Waals surface area contributed by atoms with E-state index >= 15 is 0 Å². The number of hydrogen-bond acceptors (Lipinski definition) is 3. The molecule has 18 heavy (non-hydrogen) atoms. The predicted molar refractivity (Wildman–Crippen MR) is 77.4 cm³/mol. The van der Waals surface area contributed by atoms with Gasteiger partial charge in [-0.15, -0.1) is 0 Å². The lowest BCUT2D eigenvalue weighted by atomic mass is 10.2. The average Bonchev–Trinajstić information content (AvgIpc) is 2.71. The van der Waals surface area contributed by atoms with Crippen LogP contribution in [0, 0.1) is 12.8 Å². The van der Waals surface area contributed by atoms with E-state index in [0.29, 0.717) is 17.4 Å². The molecular weight excluding hydrogens is 244 g/mol. The van der Waals surface area contributed by atoms with E-state index in [1.54, 1.807) is 11.8 Å². The van der Waals surface area contributed by atoms with Crippen LogP contribution >= 0.6 is 11.8 Å². The van der Waals surface area contributed by atoms with Gasteiger partial charge in [0.2, 0.25) is 5.78 Å². The first-order valence-corrected chi connectivity index (χ1v) is 7.33. The molecule has 2 nitrogen and oxygen atoms in total. The molecule has 1 aromatic carbocycles. The van der Waals surface area contributed by atoms with Gasteiger partial charge in [-0.2, -0.15) is 11.8 Å². The first-order chi connectivity index (χ1) is 8.56. The number of Topliss-reactive ketones (excluding diaryl/α,β-unsaturated/α-hetero) is 1. The summed E-state index contributed by atoms with van der Waals surface area (Å²) in [4.78, 5) is 12.0. The van der Waals surface area contributed by atoms with E-state index in [1.165, 1.54) is 5.56 Å². The molecule has 3 heteroatoms. The normalized spacial score (nSPS) is 11.3. The zero-order valence-corrected chi connectivity index (χ0v) is 11.8. The first-order valence-electron chi connectivity index (χ1n) is 6.17. The highest BCUT2D eigenvalue weighted by Crippen LogP contribution is 2.22. The molecule has 2 rings (SSSR count). The van der Waals surface area contributed by atoms with Gasteiger partial charge in [-0.25, -0.2) is 0 Å². The minimum absolute atomic E-state index is 0.0782. The Morgan fingerprint density at radius 3 is 2.83 bits per heavy atom. The van der Waals surface area contributed by atoms with Gasteiger partial charge in [0.1, 0.15) is 5.58 Å². The van der Waals surface area contributed by atoms with E-state index in [1.807, 2.05) is 31.2 Å². The molecule has 0 radical (unpaired) electrons. The van der Waals surface area contributed by atoms with Gasteiger partial charge in [0.25, 0.3) is 0 Å². The number of benzene rings is 1. The van der Waals surface area contributed by atoms with E-state index in [4.69, 9.17) is 4.42 Å². The summed E-state index contributed by atoms with van der Waals surface area (Å²) < 4.78 is 5.58. The zero-order chi connectivity index (χ0) is 13.1. The molecule has 2 aromatic rings. The molecule has 0 atom stereocenters. The van der Waals surface area contributed by atoms with Gasteiger partial charge in [-0.1, -0.05) is 25.5 Å². The molecule has 1 heterocycles. The number of carbonyl (C=O) groups excluding carboxylic acids is 1. The number of furan rings is 1. The molecule has 1 aromatic heterocycles. The van der Waals surface area contributed by atoms with E-state index in [0.717, 1.165) is 16.7 Å². The third-order valence-electron chi connectivity index (χ3n) is 2.63. The summed E-state index contributed by atoms with van der Waals surface area (Å²) in [7, 11) is 0. The molecule has 0 saturated carbocycles. The number of aryl methyl sites for hydroxylation is 1. The smallest absolute Gasteiger partial charge is 0.207 e. The van der Waals surface area contributed by atoms with E-state index in [-0.39, 0.29) is 5.78 Å². The highest BCUT2D eigenvalue weighted by Gasteiger charge is 2.12. The summed E-state index contributed by atoms with van der Waals surface area (Å²) in [5.41, 5.74) is 1.97. The minimum atomic E-state index is 0.0782. The molecule has 0 amide bonds. The molecule has 0 aliphatic rings. The van der Waals surface area contributed by atoms with Gasteiger partial charge >= 0.3 is 0 Å². The topological polar surface area (TPSA) is 30.2 Å². The van der Waals surface area contributed by atoms with Crippen molar-refractivity contribution in [2.75, 3.05) is 11.5 Å². The fourth-order valence-electron chi connectivity index (χ4n) is 1.76. The lowest BCUT2D eigenvalue weighted by Gasteiger charge is -2.01. The second kappa shape index (κ2) is 5.61. The Morgan fingerprint density at radius 2 is 2.11 bits per heavy atom. The number of hydrogen-bond donors (Lipinski definition) is 0. The van der Waals surface area contributed by atoms with Crippen LogP contribution in [0.15, 0.2) is 28.7 Å². The monoisotopic (exact) mass is 262 g/mol. The third-order valence-corrected chi connectivity index (χ3v) is 4.00. The summed E-state index contributed by atoms with van der Waals surface area (Å²) in [5.74, 6) is 2.67. The van der Waals surface area contributed by atoms with Gasteiger partial charge in [0.05, 0.1) is 5.75 Å². The molecule has 0 spiro atoms. The highest BCUT2D eigenvalue weighted by molar-refractivity contribution is 7.99. The Labute approximate surface area is 112 Å². The number of fused-ring (bicyclic) bond motifs is 1. The Bertz CT molecular complexity index is 555. The summed E-state index contributed by atoms with van der Waals surface area (Å²) in [6.07, 6.45) is 0. The van der Waals surface area contributed by atoms with E-state index in [2.05, 4.69) is 13.8 Å². The van der Waals surface area contributed by atoms with Crippen LogP contribution < -0.4 is 0 Å². The van der Waals surface area contributed by atoms with Crippen LogP contribution in [0.25, 0.3) is 11.0 Å². The van der Waals surface area contributed by atoms with Gasteiger partial charge in [0.15, 0.2) is 5.76 Å². The zero-order valence-electron chi connectivity index (χ0n) is 11.0. The van der Waals surface area contributed by atoms with Crippen molar-refractivity contribution in [3.63, 3.8) is 0 Å². The minimum Gasteiger partial charge on any atom is -0.453 e. The summed E-state index contributed by atoms with van der Waals surface area (Å²) in [6, 6.07) is 7.80. The van der Waals surface area contributed by atoms with Crippen molar-refractivity contribution in [3.05, 3.63) is 35.6 Å². The highest BCUT2D eigenvalue weighted by atomic mass is 32.2. The van der Waals surface area contributed by atoms with Crippen LogP contribution in [0.3, 0.4) is 0 Å². The maximum Gasteiger partial charge on any atom is 0.207 e. The molecular formula is C15H18O2S. The fraction of sp³-hybridized carbons (Fsp3) is 0.400. The molecule has 0 fully saturated rings. The van der Waals surface area contributed by atoms with Crippen molar-refractivity contribution in [1.82, 2.24) is 0 Å². The standard InChI is InChI=1S/C15H18O2S/c1-10(2)8-18-9-13(16)15-7-12-6-11(3)4-5-14(12)17-15/h4-7,10H,8-9H2,1-3H3. The van der Waals surface area contributed by atoms with E-state index in [9.17, 15) is 4.79 Å². The SMILES string of the molecule is Cc1ccc2oc(C(=O)CSCC(C)C)cc2c1. The van der Waals surface area contributed by atoms with Crippen molar-refractivity contribution in [2.24, 2.45) is 5.92 Å². The second-order valence-electron chi connectivity index (χ2n) is 4.98. The second-order valence-corrected chi connectivity index (χ2v) is 6.01. The van der Waals surface area contributed by atoms with Crippen LogP contribution in [-0.2, 0) is 0 Å². The van der Waals surface area contributed by atoms with Gasteiger partial charge in [-0.05, 0) is 36.8 Å². The maximum atomic E-state index is 12.0. The van der Waals surface area contributed by atoms with Crippen molar-refractivity contribution >= 4 is 28.5 Å². The Balaban J connectivity index is 2.08. The van der Waals surface area contributed by atoms with Gasteiger partial charge in [0, 0.05) is 5.39 Å². The lowest BCUT2D eigenvalue weighted by Crippen LogP contribution is -2.03. The van der Waals surface area contributed by atoms with Crippen molar-refractivity contribution in [3.8, 4) is 0 Å². The van der Waals surface area contributed by atoms with Gasteiger partial charge in [-0.3, -0.25) is 4.79 Å². The molecule has 0 saturated heterocycles. The van der Waals surface area contributed by atoms with E-state index < -0.39 is 0 Å². The van der Waals surface area contributed by atoms with Crippen LogP contribution in [0.5, 0.6) is 0 Å². The molecule has 0 bridgehead atoms. The summed E-state index contributed by atoms with van der Waals surface area (Å²) >= 11 is 1.67. The van der Waals surface area contributed by atoms with Crippen LogP contribution in [0.4, 0.5) is 0 Å². The van der Waals surface area contributed by atoms with Crippen LogP contribution in [0.2, 0.25) is 0 Å². The Morgan fingerprint density at radius 1 is 1.33 bits per heavy atom. The summed E-state index contributed by atoms with van der Waals surface area (Å²) in [5, 5.41) is 1.01. The maximum absolute atomic E-state index is 12.0. The van der Waals surface area contributed by atoms with Crippen molar-refractivity contribution in [2.45, 2.75) is 20.8 Å². The number of rotatable bonds is 5. The summed E-state index contributed by atoms with van der Waals surface area (Å²) in [6.45, 7) is 6.34. The molecule has 0 N–H and O–H groups in total. The number of thioether (sulfide) groups is 1. The molecule has 96 valence electrons. The fourth-order valence-corrected chi connectivity index (χ4v) is 2.68. The van der Waals surface area contributed by atoms with Crippen LogP contribution in [0.1, 0.15) is 30.0 Å². The third kappa shape index (κ3) is 3.16. The quantitative estimate of drug-likeness (QED) is 0.752.